The predicted molar refractivity (Wildman–Crippen MR) is 70.0 cm³/mol. The minimum atomic E-state index is -0.503. The van der Waals surface area contributed by atoms with Crippen molar-refractivity contribution in [2.45, 2.75) is 26.2 Å². The Morgan fingerprint density at radius 2 is 2.21 bits per heavy atom. The molecule has 7 nitrogen and oxygen atoms in total. The lowest BCUT2D eigenvalue weighted by Gasteiger charge is -2.17. The maximum absolute atomic E-state index is 10.9. The van der Waals surface area contributed by atoms with E-state index in [1.807, 2.05) is 0 Å². The van der Waals surface area contributed by atoms with Crippen LogP contribution in [0.15, 0.2) is 0 Å². The monoisotopic (exact) mass is 268 g/mol. The van der Waals surface area contributed by atoms with Gasteiger partial charge in [-0.2, -0.15) is 0 Å². The number of nitrogens with two attached hydrogens (primary N) is 1. The summed E-state index contributed by atoms with van der Waals surface area (Å²) in [6.07, 6.45) is 3.35. The Balaban J connectivity index is 2.09. The van der Waals surface area contributed by atoms with Gasteiger partial charge in [-0.05, 0) is 41.1 Å². The quantitative estimate of drug-likeness (QED) is 0.643. The van der Waals surface area contributed by atoms with E-state index in [4.69, 9.17) is 10.5 Å². The summed E-state index contributed by atoms with van der Waals surface area (Å²) in [6, 6.07) is 0. The van der Waals surface area contributed by atoms with Crippen LogP contribution in [0.25, 0.3) is 0 Å². The minimum Gasteiger partial charge on any atom is -0.472 e. The molecule has 0 aromatic carbocycles. The van der Waals surface area contributed by atoms with Crippen molar-refractivity contribution in [2.24, 2.45) is 24.6 Å². The zero-order chi connectivity index (χ0) is 14.0. The van der Waals surface area contributed by atoms with E-state index in [1.165, 1.54) is 0 Å². The summed E-state index contributed by atoms with van der Waals surface area (Å²) in [6.45, 7) is 2.85. The molecule has 106 valence electrons. The molecular formula is C12H20N4O3. The highest BCUT2D eigenvalue weighted by molar-refractivity contribution is 5.36. The number of ether oxygens (including phenoxy) is 1. The molecule has 0 amide bonds. The van der Waals surface area contributed by atoms with Gasteiger partial charge in [-0.3, -0.25) is 4.57 Å². The number of imidazole rings is 1. The summed E-state index contributed by atoms with van der Waals surface area (Å²) in [5.74, 6) is 1.46. The molecule has 0 bridgehead atoms. The largest absolute Gasteiger partial charge is 0.472 e. The average Bonchev–Trinajstić information content (AvgIpc) is 2.93. The van der Waals surface area contributed by atoms with Crippen molar-refractivity contribution in [3.05, 3.63) is 15.9 Å². The van der Waals surface area contributed by atoms with Crippen molar-refractivity contribution >= 4 is 5.82 Å². The van der Waals surface area contributed by atoms with E-state index in [2.05, 4.69) is 4.98 Å². The Morgan fingerprint density at radius 1 is 1.53 bits per heavy atom. The van der Waals surface area contributed by atoms with Crippen LogP contribution >= 0.6 is 0 Å². The van der Waals surface area contributed by atoms with Crippen LogP contribution in [-0.2, 0) is 7.05 Å². The number of aryl methyl sites for hydroxylation is 1. The van der Waals surface area contributed by atoms with E-state index in [0.29, 0.717) is 30.8 Å². The van der Waals surface area contributed by atoms with Gasteiger partial charge >= 0.3 is 5.82 Å². The van der Waals surface area contributed by atoms with Gasteiger partial charge in [-0.25, -0.2) is 0 Å². The lowest BCUT2D eigenvalue weighted by atomic mass is 9.97. The molecule has 1 aliphatic rings. The predicted octanol–water partition coefficient (Wildman–Crippen LogP) is 1.39. The number of aromatic nitrogens is 2. The molecule has 2 unspecified atom stereocenters. The molecule has 1 heterocycles. The van der Waals surface area contributed by atoms with E-state index in [9.17, 15) is 10.1 Å². The summed E-state index contributed by atoms with van der Waals surface area (Å²) in [5.41, 5.74) is 5.72. The Labute approximate surface area is 111 Å². The van der Waals surface area contributed by atoms with E-state index >= 15 is 0 Å². The van der Waals surface area contributed by atoms with Gasteiger partial charge in [0.1, 0.15) is 0 Å². The molecule has 1 fully saturated rings. The van der Waals surface area contributed by atoms with Gasteiger partial charge in [-0.1, -0.05) is 6.42 Å². The summed E-state index contributed by atoms with van der Waals surface area (Å²) in [5, 5.41) is 10.9. The third kappa shape index (κ3) is 2.70. The highest BCUT2D eigenvalue weighted by atomic mass is 16.6. The van der Waals surface area contributed by atoms with Gasteiger partial charge in [0.2, 0.25) is 5.82 Å². The second-order valence-corrected chi connectivity index (χ2v) is 5.10. The first-order valence-corrected chi connectivity index (χ1v) is 6.55. The standard InChI is InChI=1S/C12H20N4O3/c1-8-14-11(16(17)18)12(15(8)2)19-7-10-5-3-4-9(10)6-13/h9-10H,3-7,13H2,1-2H3. The van der Waals surface area contributed by atoms with E-state index in [-0.39, 0.29) is 11.7 Å². The zero-order valence-corrected chi connectivity index (χ0v) is 11.3. The Hall–Kier alpha value is -1.63. The third-order valence-electron chi connectivity index (χ3n) is 3.98. The molecule has 1 saturated carbocycles. The molecule has 2 N–H and O–H groups in total. The van der Waals surface area contributed by atoms with Crippen LogP contribution in [-0.4, -0.2) is 27.6 Å². The molecule has 0 spiro atoms. The molecule has 2 rings (SSSR count). The number of nitro groups is 1. The Kier molecular flexibility index (Phi) is 4.04. The first kappa shape index (κ1) is 13.8. The van der Waals surface area contributed by atoms with E-state index in [1.54, 1.807) is 18.5 Å². The van der Waals surface area contributed by atoms with Crippen molar-refractivity contribution in [1.82, 2.24) is 9.55 Å². The molecule has 2 atom stereocenters. The second kappa shape index (κ2) is 5.56. The highest BCUT2D eigenvalue weighted by Gasteiger charge is 2.30. The summed E-state index contributed by atoms with van der Waals surface area (Å²) in [7, 11) is 1.72. The fraction of sp³-hybridized carbons (Fsp3) is 0.750. The molecule has 1 aromatic heterocycles. The van der Waals surface area contributed by atoms with Gasteiger partial charge in [0.05, 0.1) is 6.61 Å². The molecular weight excluding hydrogens is 248 g/mol. The summed E-state index contributed by atoms with van der Waals surface area (Å²) in [4.78, 5) is 14.3. The van der Waals surface area contributed by atoms with Crippen molar-refractivity contribution in [2.75, 3.05) is 13.2 Å². The smallest absolute Gasteiger partial charge is 0.426 e. The first-order valence-electron chi connectivity index (χ1n) is 6.55. The van der Waals surface area contributed by atoms with Crippen molar-refractivity contribution in [3.63, 3.8) is 0 Å². The normalized spacial score (nSPS) is 22.7. The zero-order valence-electron chi connectivity index (χ0n) is 11.3. The van der Waals surface area contributed by atoms with E-state index in [0.717, 1.165) is 19.3 Å². The van der Waals surface area contributed by atoms with Gasteiger partial charge in [0.15, 0.2) is 0 Å². The maximum atomic E-state index is 10.9. The van der Waals surface area contributed by atoms with Crippen LogP contribution in [0, 0.1) is 28.9 Å². The molecule has 0 saturated heterocycles. The van der Waals surface area contributed by atoms with Crippen LogP contribution < -0.4 is 10.5 Å². The molecule has 0 aliphatic heterocycles. The molecule has 1 aliphatic carbocycles. The third-order valence-corrected chi connectivity index (χ3v) is 3.98. The lowest BCUT2D eigenvalue weighted by Crippen LogP contribution is -2.23. The highest BCUT2D eigenvalue weighted by Crippen LogP contribution is 2.33. The topological polar surface area (TPSA) is 96.2 Å². The second-order valence-electron chi connectivity index (χ2n) is 5.10. The number of hydrogen-bond donors (Lipinski definition) is 1. The van der Waals surface area contributed by atoms with Gasteiger partial charge in [0.25, 0.3) is 5.88 Å². The molecule has 7 heteroatoms. The average molecular weight is 268 g/mol. The molecule has 19 heavy (non-hydrogen) atoms. The number of nitrogens with zero attached hydrogens (tertiary/aromatic N) is 3. The summed E-state index contributed by atoms with van der Waals surface area (Å²) >= 11 is 0. The Morgan fingerprint density at radius 3 is 2.84 bits per heavy atom. The Bertz CT molecular complexity index is 472. The van der Waals surface area contributed by atoms with Gasteiger partial charge in [0, 0.05) is 14.0 Å². The molecule has 0 radical (unpaired) electrons. The van der Waals surface area contributed by atoms with E-state index < -0.39 is 4.92 Å². The van der Waals surface area contributed by atoms with Crippen LogP contribution in [0.3, 0.4) is 0 Å². The number of hydrogen-bond acceptors (Lipinski definition) is 5. The fourth-order valence-electron chi connectivity index (χ4n) is 2.68. The SMILES string of the molecule is Cc1nc([N+](=O)[O-])c(OCC2CCCC2CN)n1C. The van der Waals surface area contributed by atoms with Crippen molar-refractivity contribution < 1.29 is 9.66 Å². The maximum Gasteiger partial charge on any atom is 0.426 e. The van der Waals surface area contributed by atoms with Crippen LogP contribution in [0.5, 0.6) is 5.88 Å². The van der Waals surface area contributed by atoms with Crippen LogP contribution in [0.2, 0.25) is 0 Å². The van der Waals surface area contributed by atoms with Gasteiger partial charge < -0.3 is 20.6 Å². The van der Waals surface area contributed by atoms with Gasteiger partial charge in [-0.15, -0.1) is 0 Å². The van der Waals surface area contributed by atoms with Crippen LogP contribution in [0.4, 0.5) is 5.82 Å². The minimum absolute atomic E-state index is 0.206. The number of rotatable bonds is 5. The van der Waals surface area contributed by atoms with Crippen molar-refractivity contribution in [1.29, 1.82) is 0 Å². The fourth-order valence-corrected chi connectivity index (χ4v) is 2.68. The molecule has 1 aromatic rings. The van der Waals surface area contributed by atoms with Crippen molar-refractivity contribution in [3.8, 4) is 5.88 Å². The first-order chi connectivity index (χ1) is 9.04. The lowest BCUT2D eigenvalue weighted by molar-refractivity contribution is -0.390. The van der Waals surface area contributed by atoms with Crippen LogP contribution in [0.1, 0.15) is 25.1 Å². The summed E-state index contributed by atoms with van der Waals surface area (Å²) < 4.78 is 7.28.